The van der Waals surface area contributed by atoms with Crippen LogP contribution in [0.3, 0.4) is 0 Å². The average Bonchev–Trinajstić information content (AvgIpc) is 2.49. The third-order valence-electron chi connectivity index (χ3n) is 2.21. The van der Waals surface area contributed by atoms with Gasteiger partial charge in [0.2, 0.25) is 10.0 Å². The first-order chi connectivity index (χ1) is 6.40. The van der Waals surface area contributed by atoms with Crippen molar-refractivity contribution in [3.8, 4) is 0 Å². The Labute approximate surface area is 83.1 Å². The quantitative estimate of drug-likeness (QED) is 0.603. The minimum absolute atomic E-state index is 0.199. The van der Waals surface area contributed by atoms with Crippen LogP contribution in [0, 0.1) is 0 Å². The van der Waals surface area contributed by atoms with Gasteiger partial charge in [-0.2, -0.15) is 0 Å². The van der Waals surface area contributed by atoms with Crippen molar-refractivity contribution in [1.82, 2.24) is 10.0 Å². The van der Waals surface area contributed by atoms with E-state index in [0.717, 1.165) is 6.26 Å². The normalized spacial score (nSPS) is 27.6. The maximum atomic E-state index is 11.6. The van der Waals surface area contributed by atoms with Gasteiger partial charge in [0.25, 0.3) is 5.91 Å². The van der Waals surface area contributed by atoms with Gasteiger partial charge >= 0.3 is 0 Å². The molecule has 1 aliphatic rings. The molecule has 0 bridgehead atoms. The third-order valence-corrected chi connectivity index (χ3v) is 2.77. The van der Waals surface area contributed by atoms with Gasteiger partial charge in [-0.05, 0) is 7.05 Å². The maximum Gasteiger partial charge on any atom is 0.256 e. The highest BCUT2D eigenvalue weighted by Crippen LogP contribution is 2.18. The van der Waals surface area contributed by atoms with Gasteiger partial charge < -0.3 is 10.1 Å². The molecule has 0 spiro atoms. The van der Waals surface area contributed by atoms with Crippen LogP contribution in [0.2, 0.25) is 0 Å². The summed E-state index contributed by atoms with van der Waals surface area (Å²) in [5.74, 6) is -0.556. The van der Waals surface area contributed by atoms with Crippen LogP contribution in [0.1, 0.15) is 6.42 Å². The SMILES string of the molecule is CNC1(C(=O)NS(C)(=O)=O)CCOC1. The summed E-state index contributed by atoms with van der Waals surface area (Å²) in [5, 5.41) is 2.80. The number of rotatable bonds is 3. The largest absolute Gasteiger partial charge is 0.379 e. The van der Waals surface area contributed by atoms with Crippen molar-refractivity contribution < 1.29 is 17.9 Å². The highest BCUT2D eigenvalue weighted by molar-refractivity contribution is 7.89. The number of hydrogen-bond donors (Lipinski definition) is 2. The van der Waals surface area contributed by atoms with Crippen molar-refractivity contribution in [3.05, 3.63) is 0 Å². The predicted octanol–water partition coefficient (Wildman–Crippen LogP) is -1.56. The molecule has 0 radical (unpaired) electrons. The molecule has 1 saturated heterocycles. The van der Waals surface area contributed by atoms with Crippen molar-refractivity contribution in [1.29, 1.82) is 0 Å². The average molecular weight is 222 g/mol. The van der Waals surface area contributed by atoms with Gasteiger partial charge in [-0.1, -0.05) is 0 Å². The summed E-state index contributed by atoms with van der Waals surface area (Å²) < 4.78 is 28.7. The van der Waals surface area contributed by atoms with E-state index in [-0.39, 0.29) is 6.61 Å². The Balaban J connectivity index is 2.76. The van der Waals surface area contributed by atoms with E-state index in [2.05, 4.69) is 5.32 Å². The fourth-order valence-electron chi connectivity index (χ4n) is 1.32. The molecule has 7 heteroatoms. The molecule has 0 aromatic carbocycles. The molecule has 1 heterocycles. The van der Waals surface area contributed by atoms with Crippen molar-refractivity contribution >= 4 is 15.9 Å². The van der Waals surface area contributed by atoms with Crippen LogP contribution in [-0.4, -0.2) is 46.4 Å². The Kier molecular flexibility index (Phi) is 3.13. The number of sulfonamides is 1. The van der Waals surface area contributed by atoms with E-state index in [1.54, 1.807) is 7.05 Å². The number of ether oxygens (including phenoxy) is 1. The minimum Gasteiger partial charge on any atom is -0.379 e. The first-order valence-electron chi connectivity index (χ1n) is 4.18. The van der Waals surface area contributed by atoms with E-state index in [1.807, 2.05) is 4.72 Å². The van der Waals surface area contributed by atoms with Gasteiger partial charge in [0, 0.05) is 13.0 Å². The molecule has 82 valence electrons. The van der Waals surface area contributed by atoms with E-state index in [4.69, 9.17) is 4.74 Å². The van der Waals surface area contributed by atoms with Crippen molar-refractivity contribution in [3.63, 3.8) is 0 Å². The maximum absolute atomic E-state index is 11.6. The van der Waals surface area contributed by atoms with Gasteiger partial charge in [0.05, 0.1) is 12.9 Å². The highest BCUT2D eigenvalue weighted by Gasteiger charge is 2.41. The molecule has 1 atom stereocenters. The second kappa shape index (κ2) is 3.84. The van der Waals surface area contributed by atoms with Gasteiger partial charge in [-0.15, -0.1) is 0 Å². The van der Waals surface area contributed by atoms with Gasteiger partial charge in [0.15, 0.2) is 0 Å². The molecule has 1 rings (SSSR count). The number of amides is 1. The van der Waals surface area contributed by atoms with Crippen LogP contribution in [0.5, 0.6) is 0 Å². The van der Waals surface area contributed by atoms with E-state index >= 15 is 0 Å². The fraction of sp³-hybridized carbons (Fsp3) is 0.857. The number of carbonyl (C=O) groups is 1. The Bertz CT molecular complexity index is 319. The lowest BCUT2D eigenvalue weighted by molar-refractivity contribution is -0.125. The number of hydrogen-bond acceptors (Lipinski definition) is 5. The number of likely N-dealkylation sites (N-methyl/N-ethyl adjacent to an activating group) is 1. The van der Waals surface area contributed by atoms with E-state index in [9.17, 15) is 13.2 Å². The summed E-state index contributed by atoms with van der Waals surface area (Å²) in [7, 11) is -1.90. The predicted molar refractivity (Wildman–Crippen MR) is 50.2 cm³/mol. The summed E-state index contributed by atoms with van der Waals surface area (Å²) in [6, 6.07) is 0. The standard InChI is InChI=1S/C7H14N2O4S/c1-8-7(3-4-13-5-7)6(10)9-14(2,11)12/h8H,3-5H2,1-2H3,(H,9,10). The second-order valence-electron chi connectivity index (χ2n) is 3.34. The number of carbonyl (C=O) groups excluding carboxylic acids is 1. The van der Waals surface area contributed by atoms with Gasteiger partial charge in [-0.25, -0.2) is 8.42 Å². The molecule has 1 fully saturated rings. The van der Waals surface area contributed by atoms with Crippen molar-refractivity contribution in [2.45, 2.75) is 12.0 Å². The monoisotopic (exact) mass is 222 g/mol. The summed E-state index contributed by atoms with van der Waals surface area (Å²) in [4.78, 5) is 11.6. The second-order valence-corrected chi connectivity index (χ2v) is 5.09. The minimum atomic E-state index is -3.50. The van der Waals surface area contributed by atoms with Crippen LogP contribution >= 0.6 is 0 Å². The third kappa shape index (κ3) is 2.43. The molecule has 0 aromatic heterocycles. The molecular weight excluding hydrogens is 208 g/mol. The zero-order valence-electron chi connectivity index (χ0n) is 8.16. The lowest BCUT2D eigenvalue weighted by Gasteiger charge is -2.24. The van der Waals surface area contributed by atoms with Crippen molar-refractivity contribution in [2.75, 3.05) is 26.5 Å². The van der Waals surface area contributed by atoms with Gasteiger partial charge in [0.1, 0.15) is 5.54 Å². The first kappa shape index (κ1) is 11.4. The van der Waals surface area contributed by atoms with Crippen LogP contribution in [0.4, 0.5) is 0 Å². The molecule has 1 unspecified atom stereocenters. The summed E-state index contributed by atoms with van der Waals surface area (Å²) >= 11 is 0. The summed E-state index contributed by atoms with van der Waals surface area (Å²) in [5.41, 5.74) is -0.900. The first-order valence-corrected chi connectivity index (χ1v) is 6.08. The molecular formula is C7H14N2O4S. The van der Waals surface area contributed by atoms with Gasteiger partial charge in [-0.3, -0.25) is 9.52 Å². The lowest BCUT2D eigenvalue weighted by atomic mass is 9.99. The summed E-state index contributed by atoms with van der Waals surface area (Å²) in [6.45, 7) is 0.656. The smallest absolute Gasteiger partial charge is 0.256 e. The van der Waals surface area contributed by atoms with E-state index < -0.39 is 21.5 Å². The van der Waals surface area contributed by atoms with Crippen LogP contribution in [-0.2, 0) is 19.6 Å². The topological polar surface area (TPSA) is 84.5 Å². The van der Waals surface area contributed by atoms with Crippen LogP contribution in [0.15, 0.2) is 0 Å². The molecule has 0 aromatic rings. The summed E-state index contributed by atoms with van der Waals surface area (Å²) in [6.07, 6.45) is 1.43. The van der Waals surface area contributed by atoms with Crippen LogP contribution in [0.25, 0.3) is 0 Å². The Morgan fingerprint density at radius 2 is 2.14 bits per heavy atom. The Morgan fingerprint density at radius 1 is 1.50 bits per heavy atom. The molecule has 0 aliphatic carbocycles. The molecule has 2 N–H and O–H groups in total. The molecule has 1 aliphatic heterocycles. The van der Waals surface area contributed by atoms with Crippen LogP contribution < -0.4 is 10.0 Å². The molecule has 0 saturated carbocycles. The van der Waals surface area contributed by atoms with E-state index in [1.165, 1.54) is 0 Å². The zero-order chi connectivity index (χ0) is 10.8. The molecule has 6 nitrogen and oxygen atoms in total. The number of nitrogens with one attached hydrogen (secondary N) is 2. The lowest BCUT2D eigenvalue weighted by Crippen LogP contribution is -2.57. The zero-order valence-corrected chi connectivity index (χ0v) is 8.98. The van der Waals surface area contributed by atoms with Crippen molar-refractivity contribution in [2.24, 2.45) is 0 Å². The van der Waals surface area contributed by atoms with E-state index in [0.29, 0.717) is 13.0 Å². The Morgan fingerprint density at radius 3 is 2.50 bits per heavy atom. The Hall–Kier alpha value is -0.660. The molecule has 14 heavy (non-hydrogen) atoms. The highest BCUT2D eigenvalue weighted by atomic mass is 32.2. The molecule has 1 amide bonds. The fourth-order valence-corrected chi connectivity index (χ4v) is 1.85.